The second-order valence-electron chi connectivity index (χ2n) is 8.79. The van der Waals surface area contributed by atoms with Gasteiger partial charge in [0.1, 0.15) is 0 Å². The zero-order valence-electron chi connectivity index (χ0n) is 19.8. The number of hydrogen-bond donors (Lipinski definition) is 2. The smallest absolute Gasteiger partial charge is 0.262 e. The van der Waals surface area contributed by atoms with Crippen LogP contribution < -0.4 is 10.0 Å². The molecule has 33 heavy (non-hydrogen) atoms. The molecule has 8 heteroatoms. The first kappa shape index (κ1) is 24.8. The predicted octanol–water partition coefficient (Wildman–Crippen LogP) is 3.79. The summed E-state index contributed by atoms with van der Waals surface area (Å²) < 4.78 is 28.6. The lowest BCUT2D eigenvalue weighted by molar-refractivity contribution is -0.126. The molecule has 1 atom stereocenters. The van der Waals surface area contributed by atoms with Gasteiger partial charge in [-0.25, -0.2) is 8.42 Å². The van der Waals surface area contributed by atoms with Gasteiger partial charge >= 0.3 is 0 Å². The Morgan fingerprint density at radius 1 is 1.06 bits per heavy atom. The largest absolute Gasteiger partial charge is 0.356 e. The first-order chi connectivity index (χ1) is 15.6. The maximum atomic E-state index is 13.0. The minimum atomic E-state index is -3.76. The van der Waals surface area contributed by atoms with Gasteiger partial charge in [-0.15, -0.1) is 0 Å². The molecule has 178 valence electrons. The van der Waals surface area contributed by atoms with E-state index in [4.69, 9.17) is 0 Å². The molecular weight excluding hydrogens is 438 g/mol. The molecule has 0 radical (unpaired) electrons. The van der Waals surface area contributed by atoms with E-state index in [2.05, 4.69) is 10.0 Å². The third-order valence-corrected chi connectivity index (χ3v) is 7.57. The first-order valence-corrected chi connectivity index (χ1v) is 12.9. The van der Waals surface area contributed by atoms with Crippen LogP contribution in [0.4, 0.5) is 5.69 Å². The summed E-state index contributed by atoms with van der Waals surface area (Å²) >= 11 is 0. The molecule has 0 saturated carbocycles. The fourth-order valence-corrected chi connectivity index (χ4v) is 5.94. The fourth-order valence-electron chi connectivity index (χ4n) is 4.43. The average molecular weight is 472 g/mol. The fraction of sp³-hybridized carbons (Fsp3) is 0.440. The van der Waals surface area contributed by atoms with Crippen molar-refractivity contribution >= 4 is 27.5 Å². The highest BCUT2D eigenvalue weighted by molar-refractivity contribution is 7.92. The molecule has 1 saturated heterocycles. The maximum Gasteiger partial charge on any atom is 0.262 e. The van der Waals surface area contributed by atoms with Crippen LogP contribution in [0.1, 0.15) is 53.2 Å². The molecule has 0 aromatic heterocycles. The minimum absolute atomic E-state index is 0.000738. The molecule has 0 bridgehead atoms. The Hall–Kier alpha value is -2.87. The predicted molar refractivity (Wildman–Crippen MR) is 130 cm³/mol. The molecule has 1 aliphatic heterocycles. The Balaban J connectivity index is 1.70. The molecule has 2 amide bonds. The lowest BCUT2D eigenvalue weighted by Crippen LogP contribution is -2.45. The highest BCUT2D eigenvalue weighted by Crippen LogP contribution is 2.25. The lowest BCUT2D eigenvalue weighted by atomic mass is 9.96. The molecule has 1 heterocycles. The van der Waals surface area contributed by atoms with Crippen LogP contribution in [-0.4, -0.2) is 44.8 Å². The molecule has 2 aromatic rings. The normalized spacial score (nSPS) is 16.4. The molecule has 7 nitrogen and oxygen atoms in total. The summed E-state index contributed by atoms with van der Waals surface area (Å²) in [5.74, 6) is -0.343. The lowest BCUT2D eigenvalue weighted by Gasteiger charge is -2.32. The van der Waals surface area contributed by atoms with E-state index in [1.165, 1.54) is 0 Å². The topological polar surface area (TPSA) is 95.6 Å². The number of anilines is 1. The molecule has 1 aliphatic rings. The summed E-state index contributed by atoms with van der Waals surface area (Å²) in [4.78, 5) is 27.3. The number of carbonyl (C=O) groups excluding carboxylic acids is 2. The molecule has 2 aromatic carbocycles. The second-order valence-corrected chi connectivity index (χ2v) is 10.4. The van der Waals surface area contributed by atoms with Crippen molar-refractivity contribution in [3.8, 4) is 0 Å². The van der Waals surface area contributed by atoms with Crippen molar-refractivity contribution in [2.45, 2.75) is 51.9 Å². The number of likely N-dealkylation sites (tertiary alicyclic amines) is 1. The minimum Gasteiger partial charge on any atom is -0.356 e. The van der Waals surface area contributed by atoms with Gasteiger partial charge in [0.05, 0.1) is 10.8 Å². The third kappa shape index (κ3) is 5.93. The van der Waals surface area contributed by atoms with Crippen LogP contribution in [0.5, 0.6) is 0 Å². The summed E-state index contributed by atoms with van der Waals surface area (Å²) in [5.41, 5.74) is 3.25. The van der Waals surface area contributed by atoms with Crippen molar-refractivity contribution in [2.75, 3.05) is 24.4 Å². The second kappa shape index (κ2) is 10.4. The summed E-state index contributed by atoms with van der Waals surface area (Å²) in [7, 11) is -3.76. The van der Waals surface area contributed by atoms with E-state index in [-0.39, 0.29) is 22.6 Å². The van der Waals surface area contributed by atoms with Gasteiger partial charge in [0.15, 0.2) is 0 Å². The highest BCUT2D eigenvalue weighted by atomic mass is 32.2. The number of hydrogen-bond acceptors (Lipinski definition) is 4. The third-order valence-electron chi connectivity index (χ3n) is 5.89. The van der Waals surface area contributed by atoms with E-state index in [0.29, 0.717) is 42.0 Å². The van der Waals surface area contributed by atoms with Crippen molar-refractivity contribution in [2.24, 2.45) is 5.92 Å². The molecular formula is C25H33N3O4S. The van der Waals surface area contributed by atoms with Gasteiger partial charge in [-0.2, -0.15) is 0 Å². The Kier molecular flexibility index (Phi) is 7.79. The number of nitrogens with zero attached hydrogens (tertiary/aromatic N) is 1. The van der Waals surface area contributed by atoms with E-state index in [1.54, 1.807) is 43.0 Å². The van der Waals surface area contributed by atoms with Crippen LogP contribution in [0.15, 0.2) is 41.3 Å². The van der Waals surface area contributed by atoms with Crippen LogP contribution in [0.3, 0.4) is 0 Å². The number of aryl methyl sites for hydroxylation is 3. The highest BCUT2D eigenvalue weighted by Gasteiger charge is 2.29. The average Bonchev–Trinajstić information content (AvgIpc) is 2.76. The quantitative estimate of drug-likeness (QED) is 0.642. The number of piperidine rings is 1. The van der Waals surface area contributed by atoms with Crippen molar-refractivity contribution in [1.29, 1.82) is 0 Å². The molecule has 0 unspecified atom stereocenters. The standard InChI is InChI=1S/C25H33N3O4S/c1-5-12-26-24(29)21-7-6-13-28(16-21)25(30)20-8-10-22(11-9-20)27-33(31,32)23-18(3)14-17(2)15-19(23)4/h8-11,14-15,21,27H,5-7,12-13,16H2,1-4H3,(H,26,29)/t21-/m0/s1. The molecule has 0 spiro atoms. The summed E-state index contributed by atoms with van der Waals surface area (Å²) in [6, 6.07) is 10.1. The summed E-state index contributed by atoms with van der Waals surface area (Å²) in [6.07, 6.45) is 2.43. The zero-order valence-corrected chi connectivity index (χ0v) is 20.6. The SMILES string of the molecule is CCCNC(=O)[C@H]1CCCN(C(=O)c2ccc(NS(=O)(=O)c3c(C)cc(C)cc3C)cc2)C1. The van der Waals surface area contributed by atoms with E-state index in [9.17, 15) is 18.0 Å². The van der Waals surface area contributed by atoms with Crippen LogP contribution >= 0.6 is 0 Å². The van der Waals surface area contributed by atoms with Crippen LogP contribution in [-0.2, 0) is 14.8 Å². The van der Waals surface area contributed by atoms with E-state index in [0.717, 1.165) is 24.8 Å². The maximum absolute atomic E-state index is 13.0. The Morgan fingerprint density at radius 2 is 1.70 bits per heavy atom. The van der Waals surface area contributed by atoms with E-state index >= 15 is 0 Å². The molecule has 1 fully saturated rings. The van der Waals surface area contributed by atoms with Crippen LogP contribution in [0.25, 0.3) is 0 Å². The number of amides is 2. The van der Waals surface area contributed by atoms with Gasteiger partial charge in [0, 0.05) is 30.9 Å². The number of benzene rings is 2. The van der Waals surface area contributed by atoms with Crippen molar-refractivity contribution in [3.63, 3.8) is 0 Å². The van der Waals surface area contributed by atoms with Gasteiger partial charge in [-0.05, 0) is 75.4 Å². The summed E-state index contributed by atoms with van der Waals surface area (Å²) in [6.45, 7) is 9.15. The van der Waals surface area contributed by atoms with Gasteiger partial charge in [-0.1, -0.05) is 24.6 Å². The molecule has 3 rings (SSSR count). The number of carbonyl (C=O) groups is 2. The first-order valence-electron chi connectivity index (χ1n) is 11.4. The number of nitrogens with one attached hydrogen (secondary N) is 2. The van der Waals surface area contributed by atoms with Gasteiger partial charge < -0.3 is 10.2 Å². The van der Waals surface area contributed by atoms with Crippen LogP contribution in [0.2, 0.25) is 0 Å². The van der Waals surface area contributed by atoms with Crippen LogP contribution in [0, 0.1) is 26.7 Å². The van der Waals surface area contributed by atoms with Gasteiger partial charge in [0.25, 0.3) is 15.9 Å². The van der Waals surface area contributed by atoms with Gasteiger partial charge in [0.2, 0.25) is 5.91 Å². The van der Waals surface area contributed by atoms with E-state index in [1.807, 2.05) is 26.0 Å². The Labute approximate surface area is 196 Å². The van der Waals surface area contributed by atoms with Gasteiger partial charge in [-0.3, -0.25) is 14.3 Å². The molecule has 0 aliphatic carbocycles. The Bertz CT molecular complexity index is 1100. The van der Waals surface area contributed by atoms with E-state index < -0.39 is 10.0 Å². The molecule has 2 N–H and O–H groups in total. The zero-order chi connectivity index (χ0) is 24.2. The monoisotopic (exact) mass is 471 g/mol. The summed E-state index contributed by atoms with van der Waals surface area (Å²) in [5, 5.41) is 2.91. The number of sulfonamides is 1. The Morgan fingerprint density at radius 3 is 2.30 bits per heavy atom. The number of rotatable bonds is 7. The van der Waals surface area contributed by atoms with Crippen molar-refractivity contribution in [3.05, 3.63) is 58.7 Å². The van der Waals surface area contributed by atoms with Crippen molar-refractivity contribution < 1.29 is 18.0 Å². The van der Waals surface area contributed by atoms with Crippen molar-refractivity contribution in [1.82, 2.24) is 10.2 Å².